The summed E-state index contributed by atoms with van der Waals surface area (Å²) in [6.45, 7) is 6.25. The van der Waals surface area contributed by atoms with Crippen LogP contribution >= 0.6 is 0 Å². The van der Waals surface area contributed by atoms with Gasteiger partial charge in [0.25, 0.3) is 0 Å². The molecular formula is C11H18O2. The van der Waals surface area contributed by atoms with Gasteiger partial charge in [0.05, 0.1) is 5.60 Å². The lowest BCUT2D eigenvalue weighted by atomic mass is 9.42. The summed E-state index contributed by atoms with van der Waals surface area (Å²) in [6, 6.07) is 0. The molecule has 2 bridgehead atoms. The fraction of sp³-hybridized carbons (Fsp3) is 0.909. The van der Waals surface area contributed by atoms with Crippen molar-refractivity contribution in [3.05, 3.63) is 0 Å². The monoisotopic (exact) mass is 182 g/mol. The molecule has 0 radical (unpaired) electrons. The number of hydrogen-bond acceptors (Lipinski definition) is 2. The zero-order valence-electron chi connectivity index (χ0n) is 8.58. The van der Waals surface area contributed by atoms with Gasteiger partial charge in [0.2, 0.25) is 0 Å². The quantitative estimate of drug-likeness (QED) is 0.626. The Morgan fingerprint density at radius 2 is 1.92 bits per heavy atom. The molecule has 13 heavy (non-hydrogen) atoms. The molecule has 3 fully saturated rings. The molecule has 0 aromatic carbocycles. The van der Waals surface area contributed by atoms with Gasteiger partial charge >= 0.3 is 0 Å². The topological polar surface area (TPSA) is 37.3 Å². The smallest absolute Gasteiger partial charge is 0.125 e. The molecule has 3 rings (SSSR count). The minimum atomic E-state index is -0.764. The molecule has 1 N–H and O–H groups in total. The Labute approximate surface area is 79.3 Å². The molecule has 2 nitrogen and oxygen atoms in total. The molecule has 0 heterocycles. The lowest BCUT2D eigenvalue weighted by molar-refractivity contribution is -0.218. The van der Waals surface area contributed by atoms with Crippen molar-refractivity contribution in [3.8, 4) is 0 Å². The molecule has 0 aromatic rings. The Hall–Kier alpha value is -0.370. The molecule has 0 amide bonds. The van der Waals surface area contributed by atoms with Crippen LogP contribution in [-0.4, -0.2) is 17.0 Å². The number of rotatable bonds is 1. The van der Waals surface area contributed by atoms with Crippen molar-refractivity contribution < 1.29 is 9.90 Å². The summed E-state index contributed by atoms with van der Waals surface area (Å²) in [4.78, 5) is 10.8. The largest absolute Gasteiger partial charge is 0.389 e. The molecule has 2 heteroatoms. The van der Waals surface area contributed by atoms with Crippen LogP contribution in [0.3, 0.4) is 0 Å². The first-order valence-corrected chi connectivity index (χ1v) is 5.08. The van der Waals surface area contributed by atoms with E-state index in [1.165, 1.54) is 0 Å². The van der Waals surface area contributed by atoms with Crippen molar-refractivity contribution in [2.45, 2.75) is 39.2 Å². The third kappa shape index (κ3) is 0.954. The molecular weight excluding hydrogens is 164 g/mol. The standard InChI is InChI=1S/C11H18O2/c1-10(2)7-4-8(6-12)11(3,13)9(10)5-7/h6-9,13H,4-5H2,1-3H3. The zero-order valence-corrected chi connectivity index (χ0v) is 8.58. The molecule has 0 aromatic heterocycles. The van der Waals surface area contributed by atoms with Crippen LogP contribution in [0.25, 0.3) is 0 Å². The molecule has 4 unspecified atom stereocenters. The van der Waals surface area contributed by atoms with Crippen LogP contribution in [0.15, 0.2) is 0 Å². The molecule has 0 saturated heterocycles. The SMILES string of the molecule is CC1(C)C2CC(C=O)C(C)(O)C1C2. The average Bonchev–Trinajstić information content (AvgIpc) is 2.01. The van der Waals surface area contributed by atoms with Crippen LogP contribution in [-0.2, 0) is 4.79 Å². The Morgan fingerprint density at radius 3 is 2.31 bits per heavy atom. The van der Waals surface area contributed by atoms with E-state index in [-0.39, 0.29) is 11.3 Å². The summed E-state index contributed by atoms with van der Waals surface area (Å²) in [6.07, 6.45) is 2.92. The van der Waals surface area contributed by atoms with E-state index in [1.807, 2.05) is 6.92 Å². The summed E-state index contributed by atoms with van der Waals surface area (Å²) in [5.41, 5.74) is -0.525. The first-order valence-electron chi connectivity index (χ1n) is 5.08. The van der Waals surface area contributed by atoms with E-state index in [0.717, 1.165) is 19.1 Å². The van der Waals surface area contributed by atoms with Crippen molar-refractivity contribution in [1.29, 1.82) is 0 Å². The van der Waals surface area contributed by atoms with Crippen molar-refractivity contribution in [2.75, 3.05) is 0 Å². The summed E-state index contributed by atoms with van der Waals surface area (Å²) in [7, 11) is 0. The van der Waals surface area contributed by atoms with Crippen molar-refractivity contribution in [2.24, 2.45) is 23.2 Å². The second-order valence-corrected chi connectivity index (χ2v) is 5.51. The summed E-state index contributed by atoms with van der Waals surface area (Å²) in [5, 5.41) is 10.2. The van der Waals surface area contributed by atoms with Crippen LogP contribution in [0.2, 0.25) is 0 Å². The highest BCUT2D eigenvalue weighted by molar-refractivity contribution is 5.57. The minimum absolute atomic E-state index is 0.135. The van der Waals surface area contributed by atoms with Gasteiger partial charge in [-0.2, -0.15) is 0 Å². The first-order chi connectivity index (χ1) is 5.90. The van der Waals surface area contributed by atoms with Gasteiger partial charge in [-0.3, -0.25) is 0 Å². The van der Waals surface area contributed by atoms with Gasteiger partial charge in [-0.1, -0.05) is 13.8 Å². The number of aldehydes is 1. The van der Waals surface area contributed by atoms with E-state index in [0.29, 0.717) is 11.8 Å². The second-order valence-electron chi connectivity index (χ2n) is 5.51. The van der Waals surface area contributed by atoms with Gasteiger partial charge in [0, 0.05) is 5.92 Å². The van der Waals surface area contributed by atoms with Crippen molar-refractivity contribution in [1.82, 2.24) is 0 Å². The van der Waals surface area contributed by atoms with Gasteiger partial charge in [-0.15, -0.1) is 0 Å². The fourth-order valence-electron chi connectivity index (χ4n) is 3.40. The van der Waals surface area contributed by atoms with Gasteiger partial charge in [-0.25, -0.2) is 0 Å². The molecule has 3 aliphatic rings. The van der Waals surface area contributed by atoms with Gasteiger partial charge < -0.3 is 9.90 Å². The molecule has 3 aliphatic carbocycles. The number of hydrogen-bond donors (Lipinski definition) is 1. The van der Waals surface area contributed by atoms with E-state index in [4.69, 9.17) is 0 Å². The molecule has 0 aliphatic heterocycles. The van der Waals surface area contributed by atoms with Crippen molar-refractivity contribution in [3.63, 3.8) is 0 Å². The van der Waals surface area contributed by atoms with E-state index < -0.39 is 5.60 Å². The molecule has 74 valence electrons. The maximum Gasteiger partial charge on any atom is 0.125 e. The van der Waals surface area contributed by atoms with E-state index in [2.05, 4.69) is 13.8 Å². The van der Waals surface area contributed by atoms with Gasteiger partial charge in [0.1, 0.15) is 6.29 Å². The summed E-state index contributed by atoms with van der Waals surface area (Å²) >= 11 is 0. The summed E-state index contributed by atoms with van der Waals surface area (Å²) in [5.74, 6) is 0.825. The van der Waals surface area contributed by atoms with Gasteiger partial charge in [0.15, 0.2) is 0 Å². The fourth-order valence-corrected chi connectivity index (χ4v) is 3.40. The van der Waals surface area contributed by atoms with Crippen LogP contribution in [0.4, 0.5) is 0 Å². The Bertz CT molecular complexity index is 242. The highest BCUT2D eigenvalue weighted by Crippen LogP contribution is 2.63. The molecule has 4 atom stereocenters. The normalized spacial score (nSPS) is 52.5. The van der Waals surface area contributed by atoms with E-state index in [9.17, 15) is 9.90 Å². The highest BCUT2D eigenvalue weighted by Gasteiger charge is 2.62. The number of aliphatic hydroxyl groups is 1. The average molecular weight is 182 g/mol. The van der Waals surface area contributed by atoms with Crippen molar-refractivity contribution >= 4 is 6.29 Å². The third-order valence-electron chi connectivity index (χ3n) is 4.63. The Balaban J connectivity index is 2.28. The minimum Gasteiger partial charge on any atom is -0.389 e. The van der Waals surface area contributed by atoms with Crippen LogP contribution in [0.1, 0.15) is 33.6 Å². The number of carbonyl (C=O) groups excluding carboxylic acids is 1. The lowest BCUT2D eigenvalue weighted by Gasteiger charge is -2.64. The highest BCUT2D eigenvalue weighted by atomic mass is 16.3. The predicted molar refractivity (Wildman–Crippen MR) is 50.2 cm³/mol. The predicted octanol–water partition coefficient (Wildman–Crippen LogP) is 1.62. The summed E-state index contributed by atoms with van der Waals surface area (Å²) < 4.78 is 0. The maximum absolute atomic E-state index is 10.8. The Morgan fingerprint density at radius 1 is 1.31 bits per heavy atom. The van der Waals surface area contributed by atoms with E-state index >= 15 is 0 Å². The number of fused-ring (bicyclic) bond motifs is 2. The lowest BCUT2D eigenvalue weighted by Crippen LogP contribution is -2.64. The van der Waals surface area contributed by atoms with Crippen LogP contribution in [0.5, 0.6) is 0 Å². The van der Waals surface area contributed by atoms with E-state index in [1.54, 1.807) is 0 Å². The van der Waals surface area contributed by atoms with Crippen LogP contribution < -0.4 is 0 Å². The first kappa shape index (κ1) is 9.20. The Kier molecular flexibility index (Phi) is 1.66. The van der Waals surface area contributed by atoms with Crippen LogP contribution in [0, 0.1) is 23.2 Å². The number of carbonyl (C=O) groups is 1. The maximum atomic E-state index is 10.8. The molecule has 0 spiro atoms. The second kappa shape index (κ2) is 2.35. The molecule has 3 saturated carbocycles. The zero-order chi connectivity index (χ0) is 9.85. The van der Waals surface area contributed by atoms with Gasteiger partial charge in [-0.05, 0) is 37.0 Å². The third-order valence-corrected chi connectivity index (χ3v) is 4.63.